The van der Waals surface area contributed by atoms with Crippen LogP contribution in [0.5, 0.6) is 0 Å². The van der Waals surface area contributed by atoms with Crippen LogP contribution in [0.3, 0.4) is 0 Å². The van der Waals surface area contributed by atoms with Crippen molar-refractivity contribution in [3.8, 4) is 10.4 Å². The number of nitrogens with zero attached hydrogens (tertiary/aromatic N) is 3. The maximum Gasteiger partial charge on any atom is 0.188 e. The Balaban J connectivity index is 1.56. The molecule has 0 radical (unpaired) electrons. The Morgan fingerprint density at radius 3 is 2.56 bits per heavy atom. The molecule has 27 heavy (non-hydrogen) atoms. The quantitative estimate of drug-likeness (QED) is 0.719. The maximum atomic E-state index is 13.4. The summed E-state index contributed by atoms with van der Waals surface area (Å²) in [6, 6.07) is 7.42. The second-order valence-corrected chi connectivity index (χ2v) is 7.33. The van der Waals surface area contributed by atoms with E-state index in [-0.39, 0.29) is 0 Å². The summed E-state index contributed by atoms with van der Waals surface area (Å²) in [7, 11) is 0. The second-order valence-electron chi connectivity index (χ2n) is 6.30. The van der Waals surface area contributed by atoms with E-state index in [1.165, 1.54) is 23.5 Å². The molecule has 140 valence electrons. The van der Waals surface area contributed by atoms with Crippen molar-refractivity contribution in [3.05, 3.63) is 53.7 Å². The zero-order chi connectivity index (χ0) is 18.8. The molecule has 0 atom stereocenters. The van der Waals surface area contributed by atoms with Crippen LogP contribution in [-0.2, 0) is 4.74 Å². The molecule has 0 amide bonds. The molecule has 2 aromatic heterocycles. The summed E-state index contributed by atoms with van der Waals surface area (Å²) in [6.45, 7) is 5.02. The van der Waals surface area contributed by atoms with E-state index >= 15 is 0 Å². The molecule has 1 N–H and O–H groups in total. The third-order valence-corrected chi connectivity index (χ3v) is 5.14. The van der Waals surface area contributed by atoms with Crippen molar-refractivity contribution in [2.45, 2.75) is 6.92 Å². The number of hydrogen-bond donors (Lipinski definition) is 1. The van der Waals surface area contributed by atoms with Crippen LogP contribution in [0.15, 0.2) is 36.5 Å². The minimum absolute atomic E-state index is 0.462. The largest absolute Gasteiger partial charge is 0.378 e. The van der Waals surface area contributed by atoms with Gasteiger partial charge in [0.2, 0.25) is 0 Å². The Labute approximate surface area is 159 Å². The fraction of sp³-hybridized carbons (Fsp3) is 0.263. The van der Waals surface area contributed by atoms with Gasteiger partial charge in [-0.05, 0) is 42.3 Å². The van der Waals surface area contributed by atoms with Crippen molar-refractivity contribution in [3.63, 3.8) is 0 Å². The summed E-state index contributed by atoms with van der Waals surface area (Å²) in [6.07, 6.45) is 1.60. The Morgan fingerprint density at radius 1 is 1.07 bits per heavy atom. The number of anilines is 3. The number of aryl methyl sites for hydroxylation is 1. The molecule has 3 heterocycles. The van der Waals surface area contributed by atoms with E-state index in [1.807, 2.05) is 19.1 Å². The number of benzene rings is 1. The van der Waals surface area contributed by atoms with Crippen LogP contribution in [-0.4, -0.2) is 36.3 Å². The molecule has 1 aliphatic rings. The maximum absolute atomic E-state index is 13.4. The van der Waals surface area contributed by atoms with Crippen molar-refractivity contribution < 1.29 is 13.5 Å². The van der Waals surface area contributed by atoms with Crippen LogP contribution >= 0.6 is 11.3 Å². The summed E-state index contributed by atoms with van der Waals surface area (Å²) >= 11 is 1.32. The van der Waals surface area contributed by atoms with Gasteiger partial charge >= 0.3 is 0 Å². The fourth-order valence-corrected chi connectivity index (χ4v) is 3.75. The van der Waals surface area contributed by atoms with Crippen LogP contribution in [0.25, 0.3) is 10.4 Å². The summed E-state index contributed by atoms with van der Waals surface area (Å²) < 4.78 is 32.3. The molecule has 1 aliphatic heterocycles. The normalized spacial score (nSPS) is 14.4. The predicted molar refractivity (Wildman–Crippen MR) is 103 cm³/mol. The highest BCUT2D eigenvalue weighted by molar-refractivity contribution is 7.18. The first-order valence-corrected chi connectivity index (χ1v) is 9.39. The third kappa shape index (κ3) is 4.23. The number of thiazole rings is 1. The lowest BCUT2D eigenvalue weighted by molar-refractivity contribution is 0.122. The molecule has 1 aromatic carbocycles. The van der Waals surface area contributed by atoms with Crippen molar-refractivity contribution in [2.24, 2.45) is 0 Å². The molecular weight excluding hydrogens is 370 g/mol. The fourth-order valence-electron chi connectivity index (χ4n) is 2.94. The van der Waals surface area contributed by atoms with Crippen molar-refractivity contribution in [1.29, 1.82) is 0 Å². The van der Waals surface area contributed by atoms with E-state index in [4.69, 9.17) is 4.74 Å². The van der Waals surface area contributed by atoms with Gasteiger partial charge < -0.3 is 15.0 Å². The van der Waals surface area contributed by atoms with Crippen LogP contribution in [0.2, 0.25) is 0 Å². The molecule has 0 aliphatic carbocycles. The molecule has 3 aromatic rings. The highest BCUT2D eigenvalue weighted by Gasteiger charge is 2.14. The second kappa shape index (κ2) is 7.58. The molecule has 5 nitrogen and oxygen atoms in total. The zero-order valence-electron chi connectivity index (χ0n) is 14.7. The number of rotatable bonds is 4. The average molecular weight is 388 g/mol. The molecule has 0 saturated carbocycles. The number of hydrogen-bond acceptors (Lipinski definition) is 6. The van der Waals surface area contributed by atoms with Gasteiger partial charge in [0.15, 0.2) is 5.13 Å². The van der Waals surface area contributed by atoms with Crippen molar-refractivity contribution >= 4 is 28.1 Å². The van der Waals surface area contributed by atoms with Crippen LogP contribution in [0.1, 0.15) is 5.56 Å². The number of morpholine rings is 1. The summed E-state index contributed by atoms with van der Waals surface area (Å²) in [5.74, 6) is 0.361. The molecule has 1 fully saturated rings. The highest BCUT2D eigenvalue weighted by atomic mass is 32.1. The first-order valence-electron chi connectivity index (χ1n) is 8.57. The molecule has 0 bridgehead atoms. The van der Waals surface area contributed by atoms with E-state index in [2.05, 4.69) is 20.2 Å². The number of halogens is 2. The SMILES string of the molecule is Cc1cc(Nc2ncc(-c3cc(F)cc(F)c3)s2)nc(N2CCOCC2)c1. The van der Waals surface area contributed by atoms with Crippen LogP contribution in [0.4, 0.5) is 25.5 Å². The minimum Gasteiger partial charge on any atom is -0.378 e. The van der Waals surface area contributed by atoms with Gasteiger partial charge in [0.05, 0.1) is 18.1 Å². The van der Waals surface area contributed by atoms with E-state index < -0.39 is 11.6 Å². The summed E-state index contributed by atoms with van der Waals surface area (Å²) in [5, 5.41) is 3.81. The van der Waals surface area contributed by atoms with E-state index in [0.717, 1.165) is 30.5 Å². The lowest BCUT2D eigenvalue weighted by Gasteiger charge is -2.28. The Morgan fingerprint density at radius 2 is 1.81 bits per heavy atom. The van der Waals surface area contributed by atoms with Crippen LogP contribution in [0, 0.1) is 18.6 Å². The molecule has 1 saturated heterocycles. The summed E-state index contributed by atoms with van der Waals surface area (Å²) in [5.41, 5.74) is 1.54. The Bertz CT molecular complexity index is 936. The monoisotopic (exact) mass is 388 g/mol. The van der Waals surface area contributed by atoms with Gasteiger partial charge in [0, 0.05) is 25.4 Å². The number of pyridine rings is 1. The van der Waals surface area contributed by atoms with Gasteiger partial charge in [-0.1, -0.05) is 11.3 Å². The molecular formula is C19H18F2N4OS. The highest BCUT2D eigenvalue weighted by Crippen LogP contribution is 2.31. The first-order chi connectivity index (χ1) is 13.1. The Hall–Kier alpha value is -2.58. The minimum atomic E-state index is -0.608. The van der Waals surface area contributed by atoms with E-state index in [9.17, 15) is 8.78 Å². The van der Waals surface area contributed by atoms with Gasteiger partial charge in [-0.2, -0.15) is 0 Å². The molecule has 8 heteroatoms. The van der Waals surface area contributed by atoms with Crippen molar-refractivity contribution in [2.75, 3.05) is 36.5 Å². The van der Waals surface area contributed by atoms with Gasteiger partial charge in [0.25, 0.3) is 0 Å². The third-order valence-electron chi connectivity index (χ3n) is 4.18. The number of ether oxygens (including phenoxy) is 1. The van der Waals surface area contributed by atoms with Gasteiger partial charge in [0.1, 0.15) is 23.3 Å². The smallest absolute Gasteiger partial charge is 0.188 e. The van der Waals surface area contributed by atoms with Crippen LogP contribution < -0.4 is 10.2 Å². The lowest BCUT2D eigenvalue weighted by atomic mass is 10.2. The standard InChI is InChI=1S/C19H18F2N4OS/c1-12-6-17(23-18(7-12)25-2-4-26-5-3-25)24-19-22-11-16(27-19)13-8-14(20)10-15(21)9-13/h6-11H,2-5H2,1H3,(H,22,23,24). The van der Waals surface area contributed by atoms with Crippen molar-refractivity contribution in [1.82, 2.24) is 9.97 Å². The average Bonchev–Trinajstić information content (AvgIpc) is 3.10. The van der Waals surface area contributed by atoms with Gasteiger partial charge in [-0.15, -0.1) is 0 Å². The molecule has 0 spiro atoms. The van der Waals surface area contributed by atoms with Gasteiger partial charge in [-0.25, -0.2) is 18.7 Å². The van der Waals surface area contributed by atoms with Gasteiger partial charge in [-0.3, -0.25) is 0 Å². The number of aromatic nitrogens is 2. The van der Waals surface area contributed by atoms with E-state index in [1.54, 1.807) is 6.20 Å². The lowest BCUT2D eigenvalue weighted by Crippen LogP contribution is -2.36. The topological polar surface area (TPSA) is 50.3 Å². The Kier molecular flexibility index (Phi) is 5.00. The molecule has 4 rings (SSSR count). The summed E-state index contributed by atoms with van der Waals surface area (Å²) in [4.78, 5) is 11.8. The van der Waals surface area contributed by atoms with E-state index in [0.29, 0.717) is 34.6 Å². The number of nitrogens with one attached hydrogen (secondary N) is 1. The zero-order valence-corrected chi connectivity index (χ0v) is 15.5. The predicted octanol–water partition coefficient (Wildman–Crippen LogP) is 4.37. The molecule has 0 unspecified atom stereocenters. The first kappa shape index (κ1) is 17.8.